The quantitative estimate of drug-likeness (QED) is 0.745. The Morgan fingerprint density at radius 3 is 2.31 bits per heavy atom. The van der Waals surface area contributed by atoms with E-state index in [0.717, 1.165) is 6.54 Å². The van der Waals surface area contributed by atoms with Crippen LogP contribution >= 0.6 is 0 Å². The van der Waals surface area contributed by atoms with Crippen molar-refractivity contribution < 1.29 is 17.9 Å². The summed E-state index contributed by atoms with van der Waals surface area (Å²) in [6.07, 6.45) is -2.24. The van der Waals surface area contributed by atoms with E-state index in [1.165, 1.54) is 0 Å². The molecule has 16 heavy (non-hydrogen) atoms. The van der Waals surface area contributed by atoms with Crippen LogP contribution < -0.4 is 5.32 Å². The molecule has 0 aromatic carbocycles. The lowest BCUT2D eigenvalue weighted by Gasteiger charge is -2.30. The first-order valence-electron chi connectivity index (χ1n) is 5.92. The van der Waals surface area contributed by atoms with Crippen LogP contribution in [0.4, 0.5) is 13.2 Å². The molecule has 0 radical (unpaired) electrons. The lowest BCUT2D eigenvalue weighted by molar-refractivity contribution is -0.182. The molecule has 0 spiro atoms. The Kier molecular flexibility index (Phi) is 5.55. The summed E-state index contributed by atoms with van der Waals surface area (Å²) in [4.78, 5) is 0. The molecular weight excluding hydrogens is 219 g/mol. The molecule has 5 heteroatoms. The normalized spacial score (nSPS) is 27.0. The van der Waals surface area contributed by atoms with Gasteiger partial charge in [-0.2, -0.15) is 13.2 Å². The van der Waals surface area contributed by atoms with Gasteiger partial charge in [-0.3, -0.25) is 0 Å². The number of halogens is 3. The number of alkyl halides is 3. The summed E-state index contributed by atoms with van der Waals surface area (Å²) in [7, 11) is 0. The van der Waals surface area contributed by atoms with E-state index in [-0.39, 0.29) is 18.9 Å². The monoisotopic (exact) mass is 239 g/mol. The Labute approximate surface area is 94.5 Å². The molecular formula is C11H20F3NO. The fraction of sp³-hybridized carbons (Fsp3) is 1.00. The molecule has 1 fully saturated rings. The molecule has 1 aliphatic carbocycles. The van der Waals surface area contributed by atoms with Crippen molar-refractivity contribution in [1.82, 2.24) is 5.32 Å². The Balaban J connectivity index is 2.12. The maximum absolute atomic E-state index is 12.4. The third-order valence-corrected chi connectivity index (χ3v) is 3.07. The predicted molar refractivity (Wildman–Crippen MR) is 56.3 cm³/mol. The Hall–Kier alpha value is -0.290. The second-order valence-electron chi connectivity index (χ2n) is 4.24. The summed E-state index contributed by atoms with van der Waals surface area (Å²) < 4.78 is 42.3. The van der Waals surface area contributed by atoms with Crippen molar-refractivity contribution in [3.8, 4) is 0 Å². The number of rotatable bonds is 5. The van der Waals surface area contributed by atoms with E-state index in [0.29, 0.717) is 26.1 Å². The van der Waals surface area contributed by atoms with Gasteiger partial charge in [0.05, 0.1) is 12.5 Å². The van der Waals surface area contributed by atoms with Gasteiger partial charge in [-0.05, 0) is 32.6 Å². The van der Waals surface area contributed by atoms with Crippen molar-refractivity contribution in [3.63, 3.8) is 0 Å². The van der Waals surface area contributed by atoms with Gasteiger partial charge in [0, 0.05) is 19.2 Å². The van der Waals surface area contributed by atoms with E-state index in [1.54, 1.807) is 0 Å². The van der Waals surface area contributed by atoms with Gasteiger partial charge < -0.3 is 10.1 Å². The third kappa shape index (κ3) is 4.70. The molecule has 1 aliphatic rings. The molecule has 0 unspecified atom stereocenters. The van der Waals surface area contributed by atoms with Gasteiger partial charge in [0.25, 0.3) is 0 Å². The first-order valence-corrected chi connectivity index (χ1v) is 5.92. The minimum atomic E-state index is -4.00. The molecule has 0 bridgehead atoms. The Morgan fingerprint density at radius 2 is 1.81 bits per heavy atom. The fourth-order valence-electron chi connectivity index (χ4n) is 2.10. The average molecular weight is 239 g/mol. The van der Waals surface area contributed by atoms with Gasteiger partial charge in [-0.1, -0.05) is 0 Å². The van der Waals surface area contributed by atoms with E-state index in [9.17, 15) is 13.2 Å². The zero-order valence-electron chi connectivity index (χ0n) is 9.65. The third-order valence-electron chi connectivity index (χ3n) is 3.07. The van der Waals surface area contributed by atoms with Gasteiger partial charge in [0.2, 0.25) is 0 Å². The maximum atomic E-state index is 12.4. The van der Waals surface area contributed by atoms with Crippen LogP contribution in [0, 0.1) is 5.92 Å². The molecule has 96 valence electrons. The lowest BCUT2D eigenvalue weighted by atomic mass is 9.85. The minimum absolute atomic E-state index is 0.235. The van der Waals surface area contributed by atoms with Crippen LogP contribution in [0.2, 0.25) is 0 Å². The molecule has 0 aromatic heterocycles. The molecule has 0 heterocycles. The lowest BCUT2D eigenvalue weighted by Crippen LogP contribution is -2.38. The van der Waals surface area contributed by atoms with Crippen LogP contribution in [0.3, 0.4) is 0 Å². The van der Waals surface area contributed by atoms with E-state index < -0.39 is 12.1 Å². The summed E-state index contributed by atoms with van der Waals surface area (Å²) in [5.74, 6) is -1.09. The summed E-state index contributed by atoms with van der Waals surface area (Å²) in [6, 6.07) is 0.235. The zero-order valence-corrected chi connectivity index (χ0v) is 9.65. The van der Waals surface area contributed by atoms with Gasteiger partial charge in [-0.25, -0.2) is 0 Å². The molecule has 1 rings (SSSR count). The zero-order chi connectivity index (χ0) is 12.0. The van der Waals surface area contributed by atoms with E-state index in [4.69, 9.17) is 4.74 Å². The first kappa shape index (κ1) is 13.8. The van der Waals surface area contributed by atoms with E-state index >= 15 is 0 Å². The van der Waals surface area contributed by atoms with Crippen LogP contribution in [-0.2, 0) is 4.74 Å². The summed E-state index contributed by atoms with van der Waals surface area (Å²) in [5.41, 5.74) is 0. The highest BCUT2D eigenvalue weighted by atomic mass is 19.4. The summed E-state index contributed by atoms with van der Waals surface area (Å²) in [6.45, 7) is 3.97. The SMILES string of the molecule is CCOCCNC1CCC(C(F)(F)F)CC1. The molecule has 2 nitrogen and oxygen atoms in total. The number of ether oxygens (including phenoxy) is 1. The van der Waals surface area contributed by atoms with Crippen molar-refractivity contribution in [2.75, 3.05) is 19.8 Å². The first-order chi connectivity index (χ1) is 7.54. The fourth-order valence-corrected chi connectivity index (χ4v) is 2.10. The highest BCUT2D eigenvalue weighted by Gasteiger charge is 2.41. The standard InChI is InChI=1S/C11H20F3NO/c1-2-16-8-7-15-10-5-3-9(4-6-10)11(12,13)14/h9-10,15H,2-8H2,1H3. The molecule has 0 atom stereocenters. The minimum Gasteiger partial charge on any atom is -0.380 e. The van der Waals surface area contributed by atoms with Crippen LogP contribution in [0.5, 0.6) is 0 Å². The van der Waals surface area contributed by atoms with Crippen molar-refractivity contribution in [2.45, 2.75) is 44.8 Å². The predicted octanol–water partition coefficient (Wildman–Crippen LogP) is 2.73. The van der Waals surface area contributed by atoms with Gasteiger partial charge in [0.1, 0.15) is 0 Å². The molecule has 0 saturated heterocycles. The van der Waals surface area contributed by atoms with Gasteiger partial charge in [-0.15, -0.1) is 0 Å². The number of hydrogen-bond donors (Lipinski definition) is 1. The molecule has 1 saturated carbocycles. The highest BCUT2D eigenvalue weighted by Crippen LogP contribution is 2.37. The van der Waals surface area contributed by atoms with Crippen LogP contribution in [0.1, 0.15) is 32.6 Å². The van der Waals surface area contributed by atoms with Gasteiger partial charge >= 0.3 is 6.18 Å². The van der Waals surface area contributed by atoms with Crippen molar-refractivity contribution in [3.05, 3.63) is 0 Å². The maximum Gasteiger partial charge on any atom is 0.391 e. The topological polar surface area (TPSA) is 21.3 Å². The van der Waals surface area contributed by atoms with Crippen molar-refractivity contribution >= 4 is 0 Å². The second-order valence-corrected chi connectivity index (χ2v) is 4.24. The second kappa shape index (κ2) is 6.45. The van der Waals surface area contributed by atoms with Crippen LogP contribution in [0.15, 0.2) is 0 Å². The van der Waals surface area contributed by atoms with E-state index in [1.807, 2.05) is 6.92 Å². The van der Waals surface area contributed by atoms with E-state index in [2.05, 4.69) is 5.32 Å². The Morgan fingerprint density at radius 1 is 1.19 bits per heavy atom. The summed E-state index contributed by atoms with van der Waals surface area (Å²) in [5, 5.41) is 3.24. The van der Waals surface area contributed by atoms with Crippen LogP contribution in [-0.4, -0.2) is 32.0 Å². The van der Waals surface area contributed by atoms with Gasteiger partial charge in [0.15, 0.2) is 0 Å². The number of hydrogen-bond acceptors (Lipinski definition) is 2. The molecule has 0 amide bonds. The van der Waals surface area contributed by atoms with Crippen molar-refractivity contribution in [2.24, 2.45) is 5.92 Å². The molecule has 0 aliphatic heterocycles. The van der Waals surface area contributed by atoms with Crippen molar-refractivity contribution in [1.29, 1.82) is 0 Å². The smallest absolute Gasteiger partial charge is 0.380 e. The Bertz CT molecular complexity index is 188. The average Bonchev–Trinajstić information content (AvgIpc) is 2.24. The molecule has 1 N–H and O–H groups in total. The van der Waals surface area contributed by atoms with Crippen LogP contribution in [0.25, 0.3) is 0 Å². The largest absolute Gasteiger partial charge is 0.391 e. The highest BCUT2D eigenvalue weighted by molar-refractivity contribution is 4.80. The summed E-state index contributed by atoms with van der Waals surface area (Å²) >= 11 is 0. The molecule has 0 aromatic rings. The number of nitrogens with one attached hydrogen (secondary N) is 1.